The second-order valence-corrected chi connectivity index (χ2v) is 5.65. The largest absolute Gasteiger partial charge is 0.480 e. The minimum absolute atomic E-state index is 0.0145. The van der Waals surface area contributed by atoms with Crippen LogP contribution in [0.15, 0.2) is 10.7 Å². The summed E-state index contributed by atoms with van der Waals surface area (Å²) < 4.78 is 5.84. The molecule has 1 saturated heterocycles. The lowest BCUT2D eigenvalue weighted by atomic mass is 9.99. The van der Waals surface area contributed by atoms with Gasteiger partial charge in [-0.05, 0) is 29.8 Å². The molecule has 0 bridgehead atoms. The highest BCUT2D eigenvalue weighted by Gasteiger charge is 2.34. The van der Waals surface area contributed by atoms with Gasteiger partial charge in [-0.15, -0.1) is 0 Å². The number of hydrogen-bond acceptors (Lipinski definition) is 5. The molecular weight excluding hydrogens is 312 g/mol. The Labute approximate surface area is 120 Å². The number of hydrogen-bond donors (Lipinski definition) is 1. The van der Waals surface area contributed by atoms with Crippen LogP contribution in [-0.4, -0.2) is 42.1 Å². The molecule has 0 saturated carbocycles. The lowest BCUT2D eigenvalue weighted by molar-refractivity contribution is -0.126. The first-order valence-electron chi connectivity index (χ1n) is 6.13. The molecule has 0 unspecified atom stereocenters. The maximum atomic E-state index is 11.8. The number of carbonyl (C=O) groups excluding carboxylic acids is 1. The van der Waals surface area contributed by atoms with Gasteiger partial charge in [-0.25, -0.2) is 4.98 Å². The fourth-order valence-electron chi connectivity index (χ4n) is 1.85. The molecule has 0 radical (unpaired) electrons. The summed E-state index contributed by atoms with van der Waals surface area (Å²) in [6.07, 6.45) is 1.66. The number of carbonyl (C=O) groups is 1. The van der Waals surface area contributed by atoms with Gasteiger partial charge < -0.3 is 15.0 Å². The lowest BCUT2D eigenvalue weighted by Crippen LogP contribution is -2.55. The smallest absolute Gasteiger partial charge is 0.232 e. The third kappa shape index (κ3) is 3.15. The van der Waals surface area contributed by atoms with Gasteiger partial charge in [-0.3, -0.25) is 4.79 Å². The average molecular weight is 329 g/mol. The summed E-state index contributed by atoms with van der Waals surface area (Å²) in [7, 11) is 1.56. The second kappa shape index (κ2) is 5.73. The number of anilines is 1. The van der Waals surface area contributed by atoms with Crippen molar-refractivity contribution in [2.75, 3.05) is 25.1 Å². The van der Waals surface area contributed by atoms with Gasteiger partial charge in [0.2, 0.25) is 17.7 Å². The molecular formula is C12H17BrN4O2. The minimum atomic E-state index is 0.0145. The molecule has 6 nitrogen and oxygen atoms in total. The number of nitrogens with one attached hydrogen (secondary N) is 1. The second-order valence-electron chi connectivity index (χ2n) is 4.79. The van der Waals surface area contributed by atoms with Crippen LogP contribution >= 0.6 is 15.9 Å². The van der Waals surface area contributed by atoms with Crippen molar-refractivity contribution in [1.82, 2.24) is 15.3 Å². The molecule has 1 aliphatic rings. The fourth-order valence-corrected chi connectivity index (χ4v) is 2.20. The van der Waals surface area contributed by atoms with Crippen molar-refractivity contribution in [1.29, 1.82) is 0 Å². The van der Waals surface area contributed by atoms with Crippen LogP contribution in [0.1, 0.15) is 13.8 Å². The van der Waals surface area contributed by atoms with Crippen LogP contribution in [0.25, 0.3) is 0 Å². The van der Waals surface area contributed by atoms with Gasteiger partial charge in [-0.1, -0.05) is 0 Å². The zero-order valence-corrected chi connectivity index (χ0v) is 12.8. The van der Waals surface area contributed by atoms with Crippen molar-refractivity contribution < 1.29 is 9.53 Å². The Hall–Kier alpha value is -1.37. The highest BCUT2D eigenvalue weighted by atomic mass is 79.9. The highest BCUT2D eigenvalue weighted by Crippen LogP contribution is 2.27. The van der Waals surface area contributed by atoms with Gasteiger partial charge in [0.25, 0.3) is 0 Å². The first kappa shape index (κ1) is 14.0. The van der Waals surface area contributed by atoms with Gasteiger partial charge in [0, 0.05) is 19.1 Å². The molecule has 19 heavy (non-hydrogen) atoms. The molecule has 1 N–H and O–H groups in total. The molecule has 0 spiro atoms. The lowest BCUT2D eigenvalue weighted by Gasteiger charge is -2.38. The number of aromatic nitrogens is 2. The van der Waals surface area contributed by atoms with Crippen molar-refractivity contribution >= 4 is 27.8 Å². The van der Waals surface area contributed by atoms with E-state index in [0.717, 1.165) is 0 Å². The van der Waals surface area contributed by atoms with Crippen molar-refractivity contribution in [3.63, 3.8) is 0 Å². The molecule has 104 valence electrons. The van der Waals surface area contributed by atoms with Crippen LogP contribution < -0.4 is 15.0 Å². The van der Waals surface area contributed by atoms with E-state index in [1.54, 1.807) is 13.3 Å². The first-order valence-corrected chi connectivity index (χ1v) is 6.92. The average Bonchev–Trinajstić information content (AvgIpc) is 2.28. The zero-order chi connectivity index (χ0) is 14.0. The van der Waals surface area contributed by atoms with Gasteiger partial charge >= 0.3 is 0 Å². The Kier molecular flexibility index (Phi) is 4.24. The maximum Gasteiger partial charge on any atom is 0.232 e. The monoisotopic (exact) mass is 328 g/mol. The predicted octanol–water partition coefficient (Wildman–Crippen LogP) is 1.21. The maximum absolute atomic E-state index is 11.8. The number of ether oxygens (including phenoxy) is 1. The van der Waals surface area contributed by atoms with Gasteiger partial charge in [0.05, 0.1) is 23.7 Å². The van der Waals surface area contributed by atoms with Crippen LogP contribution in [0.3, 0.4) is 0 Å². The standard InChI is InChI=1S/C12H17BrN4O2/c1-7(2)15-10(18)8-5-17(6-8)12-14-4-9(13)11(16-12)19-3/h4,7-8H,5-6H2,1-3H3,(H,15,18). The van der Waals surface area contributed by atoms with Gasteiger partial charge in [0.15, 0.2) is 0 Å². The van der Waals surface area contributed by atoms with Crippen LogP contribution in [-0.2, 0) is 4.79 Å². The fraction of sp³-hybridized carbons (Fsp3) is 0.583. The summed E-state index contributed by atoms with van der Waals surface area (Å²) in [5.74, 6) is 1.20. The number of nitrogens with zero attached hydrogens (tertiary/aromatic N) is 3. The van der Waals surface area contributed by atoms with Crippen LogP contribution in [0, 0.1) is 5.92 Å². The third-order valence-electron chi connectivity index (χ3n) is 2.86. The summed E-state index contributed by atoms with van der Waals surface area (Å²) in [6.45, 7) is 5.20. The molecule has 1 aliphatic heterocycles. The Bertz CT molecular complexity index is 475. The summed E-state index contributed by atoms with van der Waals surface area (Å²) >= 11 is 3.31. The molecule has 1 amide bonds. The minimum Gasteiger partial charge on any atom is -0.480 e. The number of methoxy groups -OCH3 is 1. The van der Waals surface area contributed by atoms with E-state index in [2.05, 4.69) is 31.2 Å². The van der Waals surface area contributed by atoms with E-state index in [0.29, 0.717) is 29.4 Å². The van der Waals surface area contributed by atoms with Crippen LogP contribution in [0.4, 0.5) is 5.95 Å². The molecule has 0 atom stereocenters. The Morgan fingerprint density at radius 3 is 2.84 bits per heavy atom. The zero-order valence-electron chi connectivity index (χ0n) is 11.2. The van der Waals surface area contributed by atoms with E-state index in [9.17, 15) is 4.79 Å². The number of halogens is 1. The van der Waals surface area contributed by atoms with E-state index in [1.807, 2.05) is 18.7 Å². The predicted molar refractivity (Wildman–Crippen MR) is 75.3 cm³/mol. The molecule has 1 aromatic rings. The summed E-state index contributed by atoms with van der Waals surface area (Å²) in [4.78, 5) is 22.2. The molecule has 0 aromatic carbocycles. The van der Waals surface area contributed by atoms with Gasteiger partial charge in [-0.2, -0.15) is 4.98 Å². The molecule has 7 heteroatoms. The number of rotatable bonds is 4. The summed E-state index contributed by atoms with van der Waals surface area (Å²) in [6, 6.07) is 0.172. The van der Waals surface area contributed by atoms with Gasteiger partial charge in [0.1, 0.15) is 0 Å². The molecule has 0 aliphatic carbocycles. The highest BCUT2D eigenvalue weighted by molar-refractivity contribution is 9.10. The number of amides is 1. The van der Waals surface area contributed by atoms with E-state index in [-0.39, 0.29) is 17.9 Å². The van der Waals surface area contributed by atoms with E-state index >= 15 is 0 Å². The Balaban J connectivity index is 1.95. The normalized spacial score (nSPS) is 15.3. The Morgan fingerprint density at radius 1 is 1.58 bits per heavy atom. The van der Waals surface area contributed by atoms with Crippen molar-refractivity contribution in [3.05, 3.63) is 10.7 Å². The third-order valence-corrected chi connectivity index (χ3v) is 3.40. The molecule has 1 fully saturated rings. The molecule has 2 heterocycles. The van der Waals surface area contributed by atoms with Crippen molar-refractivity contribution in [2.24, 2.45) is 5.92 Å². The van der Waals surface area contributed by atoms with Crippen LogP contribution in [0.5, 0.6) is 5.88 Å². The summed E-state index contributed by atoms with van der Waals surface area (Å²) in [5, 5.41) is 2.91. The van der Waals surface area contributed by atoms with Crippen molar-refractivity contribution in [2.45, 2.75) is 19.9 Å². The SMILES string of the molecule is COc1nc(N2CC(C(=O)NC(C)C)C2)ncc1Br. The van der Waals surface area contributed by atoms with E-state index < -0.39 is 0 Å². The molecule has 2 rings (SSSR count). The van der Waals surface area contributed by atoms with Crippen LogP contribution in [0.2, 0.25) is 0 Å². The topological polar surface area (TPSA) is 67.3 Å². The molecule has 1 aromatic heterocycles. The quantitative estimate of drug-likeness (QED) is 0.899. The Morgan fingerprint density at radius 2 is 2.26 bits per heavy atom. The van der Waals surface area contributed by atoms with E-state index in [1.165, 1.54) is 0 Å². The first-order chi connectivity index (χ1) is 9.01. The van der Waals surface area contributed by atoms with E-state index in [4.69, 9.17) is 4.74 Å². The summed E-state index contributed by atoms with van der Waals surface area (Å²) in [5.41, 5.74) is 0. The van der Waals surface area contributed by atoms with Crippen molar-refractivity contribution in [3.8, 4) is 5.88 Å².